The van der Waals surface area contributed by atoms with Crippen molar-refractivity contribution in [3.05, 3.63) is 51.6 Å². The van der Waals surface area contributed by atoms with Gasteiger partial charge in [0, 0.05) is 18.6 Å². The van der Waals surface area contributed by atoms with E-state index in [2.05, 4.69) is 0 Å². The first-order chi connectivity index (χ1) is 10.3. The number of hydrogen-bond donors (Lipinski definition) is 0. The number of carbonyl (C=O) groups is 2. The van der Waals surface area contributed by atoms with Gasteiger partial charge < -0.3 is 4.74 Å². The smallest absolute Gasteiger partial charge is 0.339 e. The fraction of sp³-hybridized carbons (Fsp3) is 0.375. The van der Waals surface area contributed by atoms with Gasteiger partial charge in [-0.05, 0) is 38.8 Å². The summed E-state index contributed by atoms with van der Waals surface area (Å²) in [5.74, 6) is -0.829. The van der Waals surface area contributed by atoms with Gasteiger partial charge in [-0.3, -0.25) is 14.9 Å². The van der Waals surface area contributed by atoms with E-state index < -0.39 is 16.5 Å². The van der Waals surface area contributed by atoms with Crippen LogP contribution in [0.5, 0.6) is 0 Å². The van der Waals surface area contributed by atoms with Crippen LogP contribution in [0.25, 0.3) is 0 Å². The zero-order valence-electron chi connectivity index (χ0n) is 12.5. The maximum absolute atomic E-state index is 12.2. The Labute approximate surface area is 127 Å². The van der Waals surface area contributed by atoms with Crippen molar-refractivity contribution in [3.63, 3.8) is 0 Å². The lowest BCUT2D eigenvalue weighted by Crippen LogP contribution is -2.43. The SMILES string of the molecule is CC(=O)C1(OC(=O)c2ccc([N+](=O)[O-])cc2)CC=C(C)CC1. The van der Waals surface area contributed by atoms with Crippen LogP contribution in [0.2, 0.25) is 0 Å². The molecule has 116 valence electrons. The van der Waals surface area contributed by atoms with Crippen molar-refractivity contribution in [1.29, 1.82) is 0 Å². The molecule has 1 atom stereocenters. The van der Waals surface area contributed by atoms with Crippen molar-refractivity contribution in [3.8, 4) is 0 Å². The van der Waals surface area contributed by atoms with Crippen LogP contribution in [0.4, 0.5) is 5.69 Å². The molecule has 0 heterocycles. The minimum atomic E-state index is -1.13. The molecule has 2 rings (SSSR count). The Hall–Kier alpha value is -2.50. The van der Waals surface area contributed by atoms with Crippen molar-refractivity contribution in [2.45, 2.75) is 38.7 Å². The van der Waals surface area contributed by atoms with E-state index in [1.54, 1.807) is 0 Å². The van der Waals surface area contributed by atoms with Gasteiger partial charge >= 0.3 is 5.97 Å². The highest BCUT2D eigenvalue weighted by Gasteiger charge is 2.40. The molecule has 0 fully saturated rings. The van der Waals surface area contributed by atoms with Crippen LogP contribution >= 0.6 is 0 Å². The van der Waals surface area contributed by atoms with Gasteiger partial charge in [0.05, 0.1) is 10.5 Å². The van der Waals surface area contributed by atoms with E-state index in [1.807, 2.05) is 13.0 Å². The molecule has 1 aromatic rings. The lowest BCUT2D eigenvalue weighted by Gasteiger charge is -2.33. The van der Waals surface area contributed by atoms with Gasteiger partial charge in [0.25, 0.3) is 5.69 Å². The number of carbonyl (C=O) groups excluding carboxylic acids is 2. The van der Waals surface area contributed by atoms with E-state index in [0.717, 1.165) is 0 Å². The van der Waals surface area contributed by atoms with Crippen LogP contribution in [0, 0.1) is 10.1 Å². The molecular weight excluding hydrogens is 286 g/mol. The highest BCUT2D eigenvalue weighted by atomic mass is 16.6. The van der Waals surface area contributed by atoms with E-state index in [-0.39, 0.29) is 17.0 Å². The summed E-state index contributed by atoms with van der Waals surface area (Å²) in [7, 11) is 0. The third kappa shape index (κ3) is 3.21. The predicted octanol–water partition coefficient (Wildman–Crippen LogP) is 3.21. The second kappa shape index (κ2) is 6.09. The Morgan fingerprint density at radius 3 is 2.36 bits per heavy atom. The molecule has 0 saturated heterocycles. The summed E-state index contributed by atoms with van der Waals surface area (Å²) in [6.45, 7) is 3.39. The van der Waals surface area contributed by atoms with E-state index >= 15 is 0 Å². The second-order valence-electron chi connectivity index (χ2n) is 5.50. The molecule has 22 heavy (non-hydrogen) atoms. The first kappa shape index (κ1) is 15.9. The number of Topliss-reactive ketones (excluding diaryl/α,β-unsaturated/α-hetero) is 1. The van der Waals surface area contributed by atoms with E-state index in [1.165, 1.54) is 36.8 Å². The Morgan fingerprint density at radius 1 is 1.27 bits per heavy atom. The summed E-state index contributed by atoms with van der Waals surface area (Å²) >= 11 is 0. The molecule has 6 heteroatoms. The van der Waals surface area contributed by atoms with Crippen molar-refractivity contribution in [2.24, 2.45) is 0 Å². The molecule has 0 bridgehead atoms. The standard InChI is InChI=1S/C16H17NO5/c1-11-7-9-16(10-8-11,12(2)18)22-15(19)13-3-5-14(6-4-13)17(20)21/h3-7H,8-10H2,1-2H3. The maximum Gasteiger partial charge on any atom is 0.339 e. The lowest BCUT2D eigenvalue weighted by atomic mass is 9.83. The molecule has 0 saturated carbocycles. The van der Waals surface area contributed by atoms with Gasteiger partial charge in [-0.1, -0.05) is 11.6 Å². The predicted molar refractivity (Wildman–Crippen MR) is 79.5 cm³/mol. The van der Waals surface area contributed by atoms with Gasteiger partial charge in [0.1, 0.15) is 0 Å². The van der Waals surface area contributed by atoms with Crippen LogP contribution in [-0.4, -0.2) is 22.3 Å². The topological polar surface area (TPSA) is 86.5 Å². The summed E-state index contributed by atoms with van der Waals surface area (Å²) in [6, 6.07) is 5.14. The average molecular weight is 303 g/mol. The Kier molecular flexibility index (Phi) is 4.40. The summed E-state index contributed by atoms with van der Waals surface area (Å²) in [6.07, 6.45) is 3.44. The van der Waals surface area contributed by atoms with Gasteiger partial charge in [-0.15, -0.1) is 0 Å². The third-order valence-corrected chi connectivity index (χ3v) is 3.95. The molecule has 0 aromatic heterocycles. The minimum Gasteiger partial charge on any atom is -0.447 e. The van der Waals surface area contributed by atoms with E-state index in [4.69, 9.17) is 4.74 Å². The molecule has 1 aliphatic rings. The van der Waals surface area contributed by atoms with Crippen LogP contribution in [-0.2, 0) is 9.53 Å². The first-order valence-corrected chi connectivity index (χ1v) is 6.98. The van der Waals surface area contributed by atoms with Crippen LogP contribution < -0.4 is 0 Å². The summed E-state index contributed by atoms with van der Waals surface area (Å²) in [5.41, 5.74) is 0.132. The molecular formula is C16H17NO5. The molecule has 0 spiro atoms. The highest BCUT2D eigenvalue weighted by molar-refractivity contribution is 5.94. The Morgan fingerprint density at radius 2 is 1.91 bits per heavy atom. The molecule has 1 unspecified atom stereocenters. The lowest BCUT2D eigenvalue weighted by molar-refractivity contribution is -0.384. The van der Waals surface area contributed by atoms with Crippen LogP contribution in [0.15, 0.2) is 35.9 Å². The highest BCUT2D eigenvalue weighted by Crippen LogP contribution is 2.32. The zero-order valence-corrected chi connectivity index (χ0v) is 12.5. The fourth-order valence-electron chi connectivity index (χ4n) is 2.38. The monoisotopic (exact) mass is 303 g/mol. The second-order valence-corrected chi connectivity index (χ2v) is 5.50. The number of allylic oxidation sites excluding steroid dienone is 1. The van der Waals surface area contributed by atoms with Gasteiger partial charge in [0.15, 0.2) is 11.4 Å². The van der Waals surface area contributed by atoms with E-state index in [9.17, 15) is 19.7 Å². The largest absolute Gasteiger partial charge is 0.447 e. The minimum absolute atomic E-state index is 0.103. The quantitative estimate of drug-likeness (QED) is 0.369. The van der Waals surface area contributed by atoms with Crippen molar-refractivity contribution < 1.29 is 19.2 Å². The molecule has 1 aromatic carbocycles. The Balaban J connectivity index is 2.18. The number of esters is 1. The van der Waals surface area contributed by atoms with E-state index in [0.29, 0.717) is 19.3 Å². The normalized spacial score (nSPS) is 20.9. The molecule has 0 radical (unpaired) electrons. The fourth-order valence-corrected chi connectivity index (χ4v) is 2.38. The van der Waals surface area contributed by atoms with Crippen molar-refractivity contribution >= 4 is 17.4 Å². The molecule has 0 amide bonds. The number of ether oxygens (including phenoxy) is 1. The average Bonchev–Trinajstić information content (AvgIpc) is 2.49. The Bertz CT molecular complexity index is 647. The molecule has 6 nitrogen and oxygen atoms in total. The molecule has 1 aliphatic carbocycles. The van der Waals surface area contributed by atoms with Crippen LogP contribution in [0.3, 0.4) is 0 Å². The zero-order chi connectivity index (χ0) is 16.3. The molecule has 0 N–H and O–H groups in total. The number of non-ortho nitro benzene ring substituents is 1. The number of hydrogen-bond acceptors (Lipinski definition) is 5. The summed E-state index contributed by atoms with van der Waals surface area (Å²) < 4.78 is 5.47. The van der Waals surface area contributed by atoms with Gasteiger partial charge in [0.2, 0.25) is 0 Å². The first-order valence-electron chi connectivity index (χ1n) is 6.98. The third-order valence-electron chi connectivity index (χ3n) is 3.95. The summed E-state index contributed by atoms with van der Waals surface area (Å²) in [4.78, 5) is 34.2. The van der Waals surface area contributed by atoms with Crippen LogP contribution in [0.1, 0.15) is 43.5 Å². The number of rotatable bonds is 4. The summed E-state index contributed by atoms with van der Waals surface area (Å²) in [5, 5.41) is 10.6. The number of ketones is 1. The van der Waals surface area contributed by atoms with Gasteiger partial charge in [-0.2, -0.15) is 0 Å². The number of nitrogens with zero attached hydrogens (tertiary/aromatic N) is 1. The van der Waals surface area contributed by atoms with Crippen molar-refractivity contribution in [2.75, 3.05) is 0 Å². The number of nitro groups is 1. The van der Waals surface area contributed by atoms with Crippen molar-refractivity contribution in [1.82, 2.24) is 0 Å². The molecule has 0 aliphatic heterocycles. The number of benzene rings is 1. The number of nitro benzene ring substituents is 1. The van der Waals surface area contributed by atoms with Gasteiger partial charge in [-0.25, -0.2) is 4.79 Å². The maximum atomic E-state index is 12.2.